The SMILES string of the molecule is CCC1/C=C/COc2c(ccc(Cl)c2F)[C@@H](c2ccccc2)N2CN1C(=O)c1c(O)c(=O)ccn12. The minimum atomic E-state index is -0.683. The minimum absolute atomic E-state index is 0.00113. The van der Waals surface area contributed by atoms with Crippen LogP contribution in [0.25, 0.3) is 0 Å². The van der Waals surface area contributed by atoms with Gasteiger partial charge in [-0.1, -0.05) is 61.0 Å². The van der Waals surface area contributed by atoms with Gasteiger partial charge in [0.1, 0.15) is 19.3 Å². The average Bonchev–Trinajstić information content (AvgIpc) is 2.89. The average molecular weight is 496 g/mol. The molecule has 0 saturated carbocycles. The van der Waals surface area contributed by atoms with Gasteiger partial charge in [0, 0.05) is 17.8 Å². The van der Waals surface area contributed by atoms with Crippen LogP contribution in [0.3, 0.4) is 0 Å². The van der Waals surface area contributed by atoms with Crippen molar-refractivity contribution in [3.8, 4) is 11.5 Å². The lowest BCUT2D eigenvalue weighted by molar-refractivity contribution is 0.0626. The molecule has 0 saturated heterocycles. The van der Waals surface area contributed by atoms with Crippen LogP contribution in [0.5, 0.6) is 11.5 Å². The zero-order valence-corrected chi connectivity index (χ0v) is 19.7. The van der Waals surface area contributed by atoms with E-state index in [-0.39, 0.29) is 35.8 Å². The Morgan fingerprint density at radius 2 is 1.91 bits per heavy atom. The van der Waals surface area contributed by atoms with E-state index in [1.807, 2.05) is 48.3 Å². The maximum atomic E-state index is 15.3. The number of nitrogens with zero attached hydrogens (tertiary/aromatic N) is 3. The number of ether oxygens (including phenoxy) is 1. The third-order valence-electron chi connectivity index (χ3n) is 6.38. The number of carbonyl (C=O) groups is 1. The molecule has 2 atom stereocenters. The van der Waals surface area contributed by atoms with E-state index in [1.54, 1.807) is 17.0 Å². The largest absolute Gasteiger partial charge is 0.502 e. The van der Waals surface area contributed by atoms with E-state index in [0.717, 1.165) is 5.56 Å². The first-order chi connectivity index (χ1) is 16.9. The van der Waals surface area contributed by atoms with Crippen LogP contribution in [0.2, 0.25) is 5.02 Å². The standard InChI is InChI=1S/C26H23ClFN3O4/c1-2-17-9-6-14-35-25-18(10-11-19(27)21(25)28)22(16-7-4-3-5-8-16)31-15-29(17)26(34)23-24(33)20(32)12-13-30(23)31/h3-13,17,22,33H,2,14-15H2,1H3/b9-6+/t17?,22-/m1/s1. The van der Waals surface area contributed by atoms with E-state index in [9.17, 15) is 14.7 Å². The predicted octanol–water partition coefficient (Wildman–Crippen LogP) is 4.21. The summed E-state index contributed by atoms with van der Waals surface area (Å²) >= 11 is 6.11. The first kappa shape index (κ1) is 23.0. The molecular formula is C26H23ClFN3O4. The molecule has 3 heterocycles. The van der Waals surface area contributed by atoms with Crippen molar-refractivity contribution in [3.05, 3.63) is 105 Å². The summed E-state index contributed by atoms with van der Waals surface area (Å²) in [4.78, 5) is 27.5. The number of fused-ring (bicyclic) bond motifs is 5. The van der Waals surface area contributed by atoms with E-state index in [4.69, 9.17) is 16.3 Å². The van der Waals surface area contributed by atoms with Gasteiger partial charge in [-0.3, -0.25) is 19.3 Å². The number of aromatic hydroxyl groups is 1. The zero-order valence-electron chi connectivity index (χ0n) is 18.9. The molecule has 0 fully saturated rings. The van der Waals surface area contributed by atoms with E-state index in [0.29, 0.717) is 12.0 Å². The second-order valence-electron chi connectivity index (χ2n) is 8.39. The Morgan fingerprint density at radius 3 is 2.66 bits per heavy atom. The normalized spacial score (nSPS) is 20.4. The molecule has 2 aliphatic rings. The predicted molar refractivity (Wildman–Crippen MR) is 130 cm³/mol. The summed E-state index contributed by atoms with van der Waals surface area (Å²) in [5, 5.41) is 12.4. The molecule has 1 aromatic heterocycles. The maximum Gasteiger partial charge on any atom is 0.278 e. The highest BCUT2D eigenvalue weighted by molar-refractivity contribution is 6.30. The molecule has 1 amide bonds. The summed E-state index contributed by atoms with van der Waals surface area (Å²) in [6.07, 6.45) is 5.57. The van der Waals surface area contributed by atoms with Crippen molar-refractivity contribution in [3.63, 3.8) is 0 Å². The highest BCUT2D eigenvalue weighted by Gasteiger charge is 2.39. The number of halogens is 2. The lowest BCUT2D eigenvalue weighted by atomic mass is 9.96. The summed E-state index contributed by atoms with van der Waals surface area (Å²) in [5.41, 5.74) is 0.475. The molecule has 2 bridgehead atoms. The van der Waals surface area contributed by atoms with Gasteiger partial charge in [-0.05, 0) is 24.1 Å². The molecule has 0 spiro atoms. The molecule has 5 rings (SSSR count). The van der Waals surface area contributed by atoms with E-state index >= 15 is 4.39 Å². The number of pyridine rings is 1. The third-order valence-corrected chi connectivity index (χ3v) is 6.67. The number of aromatic nitrogens is 1. The van der Waals surface area contributed by atoms with Gasteiger partial charge in [0.25, 0.3) is 5.91 Å². The highest BCUT2D eigenvalue weighted by Crippen LogP contribution is 2.40. The van der Waals surface area contributed by atoms with Gasteiger partial charge in [0.15, 0.2) is 23.0 Å². The Kier molecular flexibility index (Phi) is 5.98. The van der Waals surface area contributed by atoms with Crippen LogP contribution < -0.4 is 15.2 Å². The number of benzene rings is 2. The summed E-state index contributed by atoms with van der Waals surface area (Å²) in [5.74, 6) is -1.78. The van der Waals surface area contributed by atoms with Crippen LogP contribution in [0, 0.1) is 5.82 Å². The summed E-state index contributed by atoms with van der Waals surface area (Å²) in [7, 11) is 0. The fourth-order valence-corrected chi connectivity index (χ4v) is 4.83. The van der Waals surface area contributed by atoms with Crippen molar-refractivity contribution in [2.45, 2.75) is 25.4 Å². The number of rotatable bonds is 2. The van der Waals surface area contributed by atoms with Crippen molar-refractivity contribution in [1.82, 2.24) is 9.58 Å². The highest BCUT2D eigenvalue weighted by atomic mass is 35.5. The van der Waals surface area contributed by atoms with Crippen LogP contribution in [0.4, 0.5) is 4.39 Å². The lowest BCUT2D eigenvalue weighted by Crippen LogP contribution is -2.57. The molecule has 9 heteroatoms. The van der Waals surface area contributed by atoms with Gasteiger partial charge in [0.2, 0.25) is 5.43 Å². The molecular weight excluding hydrogens is 473 g/mol. The third kappa shape index (κ3) is 3.83. The lowest BCUT2D eigenvalue weighted by Gasteiger charge is -2.45. The molecule has 0 radical (unpaired) electrons. The molecule has 2 aliphatic heterocycles. The van der Waals surface area contributed by atoms with E-state index in [1.165, 1.54) is 23.0 Å². The molecule has 3 aromatic rings. The Bertz CT molecular complexity index is 1380. The maximum absolute atomic E-state index is 15.3. The van der Waals surface area contributed by atoms with Gasteiger partial charge >= 0.3 is 0 Å². The Balaban J connectivity index is 1.84. The Hall–Kier alpha value is -3.78. The molecule has 0 aliphatic carbocycles. The Labute approximate surface area is 206 Å². The minimum Gasteiger partial charge on any atom is -0.502 e. The zero-order chi connectivity index (χ0) is 24.7. The van der Waals surface area contributed by atoms with E-state index in [2.05, 4.69) is 0 Å². The number of carbonyl (C=O) groups excluding carboxylic acids is 1. The Morgan fingerprint density at radius 1 is 1.14 bits per heavy atom. The van der Waals surface area contributed by atoms with Crippen LogP contribution >= 0.6 is 11.6 Å². The molecule has 1 N–H and O–H groups in total. The van der Waals surface area contributed by atoms with Crippen molar-refractivity contribution < 1.29 is 19.0 Å². The summed E-state index contributed by atoms with van der Waals surface area (Å²) in [6.45, 7) is 2.11. The van der Waals surface area contributed by atoms with Gasteiger partial charge in [-0.2, -0.15) is 0 Å². The summed E-state index contributed by atoms with van der Waals surface area (Å²) < 4.78 is 22.7. The van der Waals surface area contributed by atoms with Crippen molar-refractivity contribution >= 4 is 17.5 Å². The van der Waals surface area contributed by atoms with Crippen LogP contribution in [-0.2, 0) is 0 Å². The molecule has 1 unspecified atom stereocenters. The quantitative estimate of drug-likeness (QED) is 0.539. The second kappa shape index (κ2) is 9.11. The molecule has 7 nitrogen and oxygen atoms in total. The van der Waals surface area contributed by atoms with Crippen molar-refractivity contribution in [1.29, 1.82) is 0 Å². The molecule has 2 aromatic carbocycles. The topological polar surface area (TPSA) is 75.0 Å². The number of hydrogen-bond acceptors (Lipinski definition) is 5. The first-order valence-electron chi connectivity index (χ1n) is 11.3. The van der Waals surface area contributed by atoms with Gasteiger partial charge < -0.3 is 14.7 Å². The number of amides is 1. The van der Waals surface area contributed by atoms with Gasteiger partial charge in [-0.25, -0.2) is 4.39 Å². The van der Waals surface area contributed by atoms with Crippen molar-refractivity contribution in [2.75, 3.05) is 18.3 Å². The summed E-state index contributed by atoms with van der Waals surface area (Å²) in [6, 6.07) is 12.7. The van der Waals surface area contributed by atoms with Gasteiger partial charge in [0.05, 0.1) is 11.1 Å². The van der Waals surface area contributed by atoms with Crippen LogP contribution in [0.1, 0.15) is 41.0 Å². The second-order valence-corrected chi connectivity index (χ2v) is 8.79. The smallest absolute Gasteiger partial charge is 0.278 e. The van der Waals surface area contributed by atoms with Crippen LogP contribution in [0.15, 0.2) is 71.7 Å². The monoisotopic (exact) mass is 495 g/mol. The first-order valence-corrected chi connectivity index (χ1v) is 11.6. The molecule has 180 valence electrons. The van der Waals surface area contributed by atoms with E-state index < -0.39 is 28.9 Å². The van der Waals surface area contributed by atoms with Gasteiger partial charge in [-0.15, -0.1) is 0 Å². The molecule has 35 heavy (non-hydrogen) atoms. The fraction of sp³-hybridized carbons (Fsp3) is 0.231. The number of hydrogen-bond donors (Lipinski definition) is 1. The van der Waals surface area contributed by atoms with Crippen molar-refractivity contribution in [2.24, 2.45) is 0 Å². The fourth-order valence-electron chi connectivity index (χ4n) is 4.68. The van der Waals surface area contributed by atoms with Crippen LogP contribution in [-0.4, -0.2) is 39.9 Å².